The van der Waals surface area contributed by atoms with E-state index in [1.165, 1.54) is 0 Å². The maximum absolute atomic E-state index is 8.28. The second kappa shape index (κ2) is 135. The monoisotopic (exact) mass is 134 g/mol. The van der Waals surface area contributed by atoms with Crippen molar-refractivity contribution in [3.8, 4) is 0 Å². The summed E-state index contributed by atoms with van der Waals surface area (Å²) in [5.41, 5.74) is 0. The molecule has 0 aromatic carbocycles. The molecule has 0 spiro atoms. The van der Waals surface area contributed by atoms with Crippen LogP contribution in [0.4, 0.5) is 0 Å². The summed E-state index contributed by atoms with van der Waals surface area (Å²) in [7, 11) is 0.611. The van der Waals surface area contributed by atoms with Gasteiger partial charge in [0, 0.05) is 0 Å². The average Bonchev–Trinajstić information content (AvgIpc) is 1.50. The molecule has 3 nitrogen and oxygen atoms in total. The molecule has 0 unspecified atom stereocenters. The Bertz CT molecular complexity index is 12.8. The van der Waals surface area contributed by atoms with Crippen molar-refractivity contribution in [1.29, 1.82) is 0 Å². The molecular weight excluding hydrogens is 127 g/mol. The Hall–Kier alpha value is 1.08. The molecule has 6 heavy (non-hydrogen) atoms. The Balaban J connectivity index is -0.00000000500. The molecule has 0 aromatic heterocycles. The number of rotatable bonds is 0. The van der Waals surface area contributed by atoms with Gasteiger partial charge in [0.1, 0.15) is 0 Å². The minimum atomic E-state index is 0. The van der Waals surface area contributed by atoms with Crippen LogP contribution in [0.3, 0.4) is 0 Å². The molecule has 34 valence electrons. The summed E-state index contributed by atoms with van der Waals surface area (Å²) in [6, 6.07) is 0. The zero-order valence-corrected chi connectivity index (χ0v) is 5.56. The first-order valence-electron chi connectivity index (χ1n) is 0.577. The second-order valence-corrected chi connectivity index (χ2v) is 0. The van der Waals surface area contributed by atoms with Gasteiger partial charge >= 0.3 is 43.1 Å². The first-order chi connectivity index (χ1) is 2.00. The summed E-state index contributed by atoms with van der Waals surface area (Å²) in [5.74, 6) is 0. The zero-order valence-electron chi connectivity index (χ0n) is 2.73. The molecule has 0 atom stereocenters. The predicted octanol–water partition coefficient (Wildman–Crippen LogP) is -3.54. The van der Waals surface area contributed by atoms with Crippen molar-refractivity contribution in [3.63, 3.8) is 0 Å². The van der Waals surface area contributed by atoms with Crippen LogP contribution in [-0.4, -0.2) is 54.9 Å². The molecule has 0 amide bonds. The van der Waals surface area contributed by atoms with Gasteiger partial charge < -0.3 is 9.94 Å². The van der Waals surface area contributed by atoms with Crippen molar-refractivity contribution in [1.82, 2.24) is 0 Å². The minimum absolute atomic E-state index is 0. The molecule has 6 heteroatoms. The van der Waals surface area contributed by atoms with Crippen molar-refractivity contribution in [2.75, 3.05) is 0 Å². The molecule has 0 aliphatic heterocycles. The van der Waals surface area contributed by atoms with Crippen LogP contribution in [0.5, 0.6) is 0 Å². The molecular formula is H7AlMgO3Si. The van der Waals surface area contributed by atoms with Gasteiger partial charge in [-0.1, -0.05) is 0 Å². The third-order valence-corrected chi connectivity index (χ3v) is 0. The fourth-order valence-electron chi connectivity index (χ4n) is 0. The van der Waals surface area contributed by atoms with Crippen molar-refractivity contribution in [2.24, 2.45) is 0 Å². The quantitative estimate of drug-likeness (QED) is 0.322. The van der Waals surface area contributed by atoms with E-state index in [4.69, 9.17) is 8.27 Å². The molecule has 2 N–H and O–H groups in total. The van der Waals surface area contributed by atoms with Crippen LogP contribution in [0.15, 0.2) is 0 Å². The van der Waals surface area contributed by atoms with Crippen LogP contribution in [0, 0.1) is 0 Å². The molecule has 0 aromatic rings. The summed E-state index contributed by atoms with van der Waals surface area (Å²) in [5, 5.41) is 0. The van der Waals surface area contributed by atoms with Crippen LogP contribution >= 0.6 is 0 Å². The first kappa shape index (κ1) is 27.6. The maximum atomic E-state index is 8.28. The average molecular weight is 134 g/mol. The van der Waals surface area contributed by atoms with Crippen LogP contribution in [0.1, 0.15) is 0 Å². The molecule has 0 saturated carbocycles. The Morgan fingerprint density at radius 2 is 1.17 bits per heavy atom. The Labute approximate surface area is 63.1 Å². The van der Waals surface area contributed by atoms with Crippen LogP contribution in [0.25, 0.3) is 0 Å². The van der Waals surface area contributed by atoms with E-state index in [2.05, 4.69) is 0 Å². The topological polar surface area (TPSA) is 65.6 Å². The molecule has 0 rings (SSSR count). The van der Waals surface area contributed by atoms with Crippen molar-refractivity contribution < 1.29 is 13.7 Å². The van der Waals surface area contributed by atoms with Gasteiger partial charge in [0.2, 0.25) is 10.1 Å². The van der Waals surface area contributed by atoms with E-state index >= 15 is 0 Å². The SMILES string of the molecule is O.O=[SiH2].[MgH2].[O]=[AlH]. The van der Waals surface area contributed by atoms with Crippen molar-refractivity contribution in [3.05, 3.63) is 0 Å². The number of hydrogen-bond acceptors (Lipinski definition) is 2. The molecule has 0 aliphatic carbocycles. The fraction of sp³-hybridized carbons (Fsp3) is 0. The molecule has 0 fully saturated rings. The van der Waals surface area contributed by atoms with E-state index in [0.29, 0.717) is 26.4 Å². The number of hydrogen-bond donors (Lipinski definition) is 0. The third kappa shape index (κ3) is 72.9. The summed E-state index contributed by atoms with van der Waals surface area (Å²) < 4.78 is 16.6. The summed E-state index contributed by atoms with van der Waals surface area (Å²) >= 11 is 0.611. The van der Waals surface area contributed by atoms with Crippen LogP contribution in [-0.2, 0) is 8.27 Å². The van der Waals surface area contributed by atoms with E-state index in [1.54, 1.807) is 0 Å². The van der Waals surface area contributed by atoms with Gasteiger partial charge in [-0.15, -0.1) is 0 Å². The molecule has 0 bridgehead atoms. The molecule has 0 radical (unpaired) electrons. The normalized spacial score (nSPS) is 1.17. The molecule has 0 aliphatic rings. The van der Waals surface area contributed by atoms with Gasteiger partial charge in [-0.2, -0.15) is 0 Å². The van der Waals surface area contributed by atoms with Crippen LogP contribution in [0.2, 0.25) is 0 Å². The Morgan fingerprint density at radius 3 is 1.17 bits per heavy atom. The standard InChI is InChI=1S/Al.Mg.H2OSi.H2O.O.3H/c;;1-2;;;;;/h;;2H2;1H2;;;;. The molecule has 0 saturated heterocycles. The van der Waals surface area contributed by atoms with E-state index in [-0.39, 0.29) is 28.5 Å². The second-order valence-electron chi connectivity index (χ2n) is 0. The molecule has 0 heterocycles. The predicted molar refractivity (Wildman–Crippen MR) is 29.2 cm³/mol. The van der Waals surface area contributed by atoms with Crippen molar-refractivity contribution in [2.45, 2.75) is 0 Å². The van der Waals surface area contributed by atoms with E-state index in [1.807, 2.05) is 0 Å². The third-order valence-electron chi connectivity index (χ3n) is 0. The zero-order chi connectivity index (χ0) is 4.00. The Kier molecular flexibility index (Phi) is 623. The van der Waals surface area contributed by atoms with Gasteiger partial charge in [-0.25, -0.2) is 0 Å². The summed E-state index contributed by atoms with van der Waals surface area (Å²) in [4.78, 5) is 0. The fourth-order valence-corrected chi connectivity index (χ4v) is 0. The van der Waals surface area contributed by atoms with Gasteiger partial charge in [0.15, 0.2) is 0 Å². The first-order valence-corrected chi connectivity index (χ1v) is 1.73. The van der Waals surface area contributed by atoms with Gasteiger partial charge in [0.25, 0.3) is 0 Å². The van der Waals surface area contributed by atoms with Gasteiger partial charge in [0.05, 0.1) is 0 Å². The van der Waals surface area contributed by atoms with Gasteiger partial charge in [-0.3, -0.25) is 0 Å². The van der Waals surface area contributed by atoms with Crippen molar-refractivity contribution >= 4 is 49.4 Å². The van der Waals surface area contributed by atoms with E-state index < -0.39 is 0 Å². The van der Waals surface area contributed by atoms with E-state index in [0.717, 1.165) is 0 Å². The van der Waals surface area contributed by atoms with Gasteiger partial charge in [-0.05, 0) is 0 Å². The summed E-state index contributed by atoms with van der Waals surface area (Å²) in [6.45, 7) is 0. The Morgan fingerprint density at radius 1 is 1.17 bits per heavy atom. The van der Waals surface area contributed by atoms with E-state index in [9.17, 15) is 0 Å². The van der Waals surface area contributed by atoms with Crippen LogP contribution < -0.4 is 0 Å². The summed E-state index contributed by atoms with van der Waals surface area (Å²) in [6.07, 6.45) is 0.